The Morgan fingerprint density at radius 1 is 1.06 bits per heavy atom. The molecule has 5 rings (SSSR count). The van der Waals surface area contributed by atoms with E-state index in [0.717, 1.165) is 49.1 Å². The Labute approximate surface area is 195 Å². The summed E-state index contributed by atoms with van der Waals surface area (Å²) in [5.74, 6) is 0.618. The maximum atomic E-state index is 13.6. The monoisotopic (exact) mass is 451 g/mol. The van der Waals surface area contributed by atoms with Gasteiger partial charge in [-0.25, -0.2) is 4.79 Å². The molecule has 0 bridgehead atoms. The van der Waals surface area contributed by atoms with Crippen molar-refractivity contribution < 1.29 is 23.8 Å². The van der Waals surface area contributed by atoms with E-state index in [1.165, 1.54) is 12.8 Å². The van der Waals surface area contributed by atoms with Crippen molar-refractivity contribution in [3.05, 3.63) is 46.3 Å². The minimum atomic E-state index is -0.474. The number of hydrogen-bond donors (Lipinski definition) is 1. The number of carbonyl (C=O) groups is 2. The van der Waals surface area contributed by atoms with Crippen LogP contribution in [0.1, 0.15) is 83.6 Å². The number of rotatable bonds is 3. The second kappa shape index (κ2) is 8.54. The number of ketones is 1. The van der Waals surface area contributed by atoms with Crippen molar-refractivity contribution in [3.63, 3.8) is 0 Å². The number of ether oxygens (including phenoxy) is 3. The van der Waals surface area contributed by atoms with Crippen molar-refractivity contribution in [2.45, 2.75) is 84.2 Å². The van der Waals surface area contributed by atoms with Gasteiger partial charge in [0.15, 0.2) is 17.3 Å². The predicted molar refractivity (Wildman–Crippen MR) is 124 cm³/mol. The summed E-state index contributed by atoms with van der Waals surface area (Å²) >= 11 is 0. The first kappa shape index (κ1) is 22.1. The van der Waals surface area contributed by atoms with Gasteiger partial charge < -0.3 is 19.5 Å². The zero-order chi connectivity index (χ0) is 23.2. The van der Waals surface area contributed by atoms with Crippen LogP contribution in [-0.2, 0) is 14.3 Å². The van der Waals surface area contributed by atoms with Crippen LogP contribution >= 0.6 is 0 Å². The number of esters is 1. The Hall–Kier alpha value is -2.76. The van der Waals surface area contributed by atoms with E-state index in [2.05, 4.69) is 19.2 Å². The highest BCUT2D eigenvalue weighted by atomic mass is 16.7. The van der Waals surface area contributed by atoms with E-state index in [1.54, 1.807) is 0 Å². The van der Waals surface area contributed by atoms with Crippen LogP contribution in [-0.4, -0.2) is 24.6 Å². The van der Waals surface area contributed by atoms with Crippen molar-refractivity contribution in [2.24, 2.45) is 5.41 Å². The molecule has 1 aromatic rings. The molecular weight excluding hydrogens is 418 g/mol. The normalized spacial score (nSPS) is 24.8. The van der Waals surface area contributed by atoms with Gasteiger partial charge in [-0.3, -0.25) is 4.79 Å². The topological polar surface area (TPSA) is 73.9 Å². The minimum absolute atomic E-state index is 0.0610. The zero-order valence-corrected chi connectivity index (χ0v) is 19.8. The van der Waals surface area contributed by atoms with Crippen molar-refractivity contribution in [3.8, 4) is 11.5 Å². The van der Waals surface area contributed by atoms with Gasteiger partial charge in [-0.05, 0) is 62.1 Å². The Morgan fingerprint density at radius 3 is 2.55 bits per heavy atom. The summed E-state index contributed by atoms with van der Waals surface area (Å²) < 4.78 is 17.2. The first-order valence-electron chi connectivity index (χ1n) is 12.2. The van der Waals surface area contributed by atoms with Gasteiger partial charge >= 0.3 is 5.97 Å². The van der Waals surface area contributed by atoms with Crippen LogP contribution in [0.5, 0.6) is 11.5 Å². The van der Waals surface area contributed by atoms with Crippen molar-refractivity contribution in [1.29, 1.82) is 0 Å². The van der Waals surface area contributed by atoms with Gasteiger partial charge in [-0.2, -0.15) is 0 Å². The van der Waals surface area contributed by atoms with E-state index >= 15 is 0 Å². The van der Waals surface area contributed by atoms with E-state index in [1.807, 2.05) is 25.1 Å². The molecule has 33 heavy (non-hydrogen) atoms. The Bertz CT molecular complexity index is 1040. The SMILES string of the molecule is CC1=C(C(=O)OC2CCCCCC2)[C@H](c2ccc3c(c2)OCO3)C2=C(CC(C)(C)CC2=O)N1. The molecule has 0 aromatic heterocycles. The largest absolute Gasteiger partial charge is 0.459 e. The van der Waals surface area contributed by atoms with E-state index in [4.69, 9.17) is 14.2 Å². The van der Waals surface area contributed by atoms with E-state index < -0.39 is 5.92 Å². The smallest absolute Gasteiger partial charge is 0.337 e. The molecule has 6 nitrogen and oxygen atoms in total. The molecule has 0 radical (unpaired) electrons. The van der Waals surface area contributed by atoms with Gasteiger partial charge in [0.2, 0.25) is 6.79 Å². The molecule has 2 aliphatic carbocycles. The Morgan fingerprint density at radius 2 is 1.79 bits per heavy atom. The maximum absolute atomic E-state index is 13.6. The van der Waals surface area contributed by atoms with Crippen LogP contribution < -0.4 is 14.8 Å². The van der Waals surface area contributed by atoms with E-state index in [9.17, 15) is 9.59 Å². The van der Waals surface area contributed by atoms with Crippen LogP contribution in [0.25, 0.3) is 0 Å². The van der Waals surface area contributed by atoms with Crippen LogP contribution in [0.4, 0.5) is 0 Å². The summed E-state index contributed by atoms with van der Waals surface area (Å²) in [6, 6.07) is 5.70. The van der Waals surface area contributed by atoms with Crippen LogP contribution in [0.2, 0.25) is 0 Å². The lowest BCUT2D eigenvalue weighted by Crippen LogP contribution is -2.39. The molecule has 0 amide bonds. The van der Waals surface area contributed by atoms with Gasteiger partial charge in [0.25, 0.3) is 0 Å². The molecule has 1 fully saturated rings. The van der Waals surface area contributed by atoms with Gasteiger partial charge in [0.1, 0.15) is 6.10 Å². The number of benzene rings is 1. The Balaban J connectivity index is 1.55. The molecule has 0 saturated heterocycles. The third kappa shape index (κ3) is 4.28. The number of hydrogen-bond acceptors (Lipinski definition) is 6. The second-order valence-electron chi connectivity index (χ2n) is 10.6. The van der Waals surface area contributed by atoms with Gasteiger partial charge in [0, 0.05) is 29.3 Å². The molecule has 1 saturated carbocycles. The molecular formula is C27H33NO5. The fraction of sp³-hybridized carbons (Fsp3) is 0.556. The summed E-state index contributed by atoms with van der Waals surface area (Å²) in [5.41, 5.74) is 3.63. The molecule has 4 aliphatic rings. The quantitative estimate of drug-likeness (QED) is 0.498. The zero-order valence-electron chi connectivity index (χ0n) is 19.8. The molecule has 2 heterocycles. The number of nitrogens with one attached hydrogen (secondary N) is 1. The van der Waals surface area contributed by atoms with Crippen molar-refractivity contribution in [2.75, 3.05) is 6.79 Å². The van der Waals surface area contributed by atoms with E-state index in [0.29, 0.717) is 29.1 Å². The van der Waals surface area contributed by atoms with Crippen molar-refractivity contribution in [1.82, 2.24) is 5.32 Å². The minimum Gasteiger partial charge on any atom is -0.459 e. The lowest BCUT2D eigenvalue weighted by atomic mass is 9.68. The molecule has 0 unspecified atom stereocenters. The highest BCUT2D eigenvalue weighted by molar-refractivity contribution is 6.04. The average molecular weight is 452 g/mol. The first-order chi connectivity index (χ1) is 15.8. The van der Waals surface area contributed by atoms with Gasteiger partial charge in [-0.15, -0.1) is 0 Å². The van der Waals surface area contributed by atoms with Gasteiger partial charge in [-0.1, -0.05) is 32.8 Å². The molecule has 1 N–H and O–H groups in total. The number of allylic oxidation sites excluding steroid dienone is 3. The molecule has 6 heteroatoms. The predicted octanol–water partition coefficient (Wildman–Crippen LogP) is 5.29. The first-order valence-corrected chi connectivity index (χ1v) is 12.2. The fourth-order valence-corrected chi connectivity index (χ4v) is 5.71. The molecule has 176 valence electrons. The highest BCUT2D eigenvalue weighted by Crippen LogP contribution is 2.48. The third-order valence-corrected chi connectivity index (χ3v) is 7.27. The molecule has 2 aliphatic heterocycles. The van der Waals surface area contributed by atoms with Crippen LogP contribution in [0.15, 0.2) is 40.7 Å². The molecule has 0 spiro atoms. The number of carbonyl (C=O) groups excluding carboxylic acids is 2. The fourth-order valence-electron chi connectivity index (χ4n) is 5.71. The van der Waals surface area contributed by atoms with E-state index in [-0.39, 0.29) is 30.1 Å². The molecule has 1 atom stereocenters. The Kier molecular flexibility index (Phi) is 5.71. The summed E-state index contributed by atoms with van der Waals surface area (Å²) in [6.07, 6.45) is 7.52. The number of dihydropyridines is 1. The third-order valence-electron chi connectivity index (χ3n) is 7.27. The second-order valence-corrected chi connectivity index (χ2v) is 10.6. The van der Waals surface area contributed by atoms with Crippen LogP contribution in [0, 0.1) is 5.41 Å². The summed E-state index contributed by atoms with van der Waals surface area (Å²) in [6.45, 7) is 6.32. The summed E-state index contributed by atoms with van der Waals surface area (Å²) in [5, 5.41) is 3.42. The van der Waals surface area contributed by atoms with Gasteiger partial charge in [0.05, 0.1) is 5.57 Å². The average Bonchev–Trinajstić information content (AvgIpc) is 3.07. The highest BCUT2D eigenvalue weighted by Gasteiger charge is 2.43. The maximum Gasteiger partial charge on any atom is 0.337 e. The number of Topliss-reactive ketones (excluding diaryl/α,β-unsaturated/α-hetero) is 1. The lowest BCUT2D eigenvalue weighted by Gasteiger charge is -2.39. The number of fused-ring (bicyclic) bond motifs is 1. The summed E-state index contributed by atoms with van der Waals surface area (Å²) in [4.78, 5) is 27.0. The standard InChI is InChI=1S/C27H33NO5/c1-16-23(26(30)33-18-8-6-4-5-7-9-18)24(17-10-11-21-22(12-17)32-15-31-21)25-19(28-16)13-27(2,3)14-20(25)29/h10-12,18,24,28H,4-9,13-15H2,1-3H3/t24-/m0/s1. The molecule has 1 aromatic carbocycles. The lowest BCUT2D eigenvalue weighted by molar-refractivity contribution is -0.145. The van der Waals surface area contributed by atoms with Crippen molar-refractivity contribution >= 4 is 11.8 Å². The summed E-state index contributed by atoms with van der Waals surface area (Å²) in [7, 11) is 0. The van der Waals surface area contributed by atoms with Crippen LogP contribution in [0.3, 0.4) is 0 Å².